The van der Waals surface area contributed by atoms with Gasteiger partial charge in [0, 0.05) is 24.0 Å². The van der Waals surface area contributed by atoms with Crippen molar-refractivity contribution in [2.75, 3.05) is 17.4 Å². The van der Waals surface area contributed by atoms with Crippen LogP contribution in [0.15, 0.2) is 119 Å². The highest BCUT2D eigenvalue weighted by molar-refractivity contribution is 9.10. The van der Waals surface area contributed by atoms with E-state index in [2.05, 4.69) is 21.2 Å². The molecule has 224 valence electrons. The number of halogens is 1. The van der Waals surface area contributed by atoms with Crippen molar-refractivity contribution in [1.82, 2.24) is 10.2 Å². The molecule has 0 aliphatic heterocycles. The smallest absolute Gasteiger partial charge is 0.264 e. The van der Waals surface area contributed by atoms with E-state index in [0.717, 1.165) is 31.9 Å². The van der Waals surface area contributed by atoms with Gasteiger partial charge in [-0.1, -0.05) is 95.7 Å². The van der Waals surface area contributed by atoms with Crippen molar-refractivity contribution >= 4 is 43.5 Å². The molecule has 4 rings (SSSR count). The molecule has 0 radical (unpaired) electrons. The molecule has 0 spiro atoms. The summed E-state index contributed by atoms with van der Waals surface area (Å²) < 4.78 is 30.0. The van der Waals surface area contributed by atoms with Crippen molar-refractivity contribution < 1.29 is 18.0 Å². The average molecular weight is 663 g/mol. The third-order valence-corrected chi connectivity index (χ3v) is 9.39. The molecule has 0 saturated carbocycles. The van der Waals surface area contributed by atoms with Crippen LogP contribution in [0.4, 0.5) is 5.69 Å². The van der Waals surface area contributed by atoms with Gasteiger partial charge in [-0.3, -0.25) is 13.9 Å². The lowest BCUT2D eigenvalue weighted by molar-refractivity contribution is -0.140. The van der Waals surface area contributed by atoms with E-state index >= 15 is 0 Å². The van der Waals surface area contributed by atoms with Crippen molar-refractivity contribution in [2.24, 2.45) is 0 Å². The van der Waals surface area contributed by atoms with E-state index in [9.17, 15) is 18.0 Å². The fourth-order valence-corrected chi connectivity index (χ4v) is 6.71. The number of nitrogens with one attached hydrogen (secondary N) is 1. The third kappa shape index (κ3) is 8.33. The first-order chi connectivity index (χ1) is 20.7. The molecule has 0 fully saturated rings. The summed E-state index contributed by atoms with van der Waals surface area (Å²) in [6.07, 6.45) is 1.06. The number of anilines is 1. The summed E-state index contributed by atoms with van der Waals surface area (Å²) >= 11 is 3.50. The van der Waals surface area contributed by atoms with Crippen LogP contribution in [-0.4, -0.2) is 44.3 Å². The number of rotatable bonds is 13. The van der Waals surface area contributed by atoms with Crippen molar-refractivity contribution in [3.05, 3.63) is 130 Å². The van der Waals surface area contributed by atoms with Crippen molar-refractivity contribution in [3.63, 3.8) is 0 Å². The Labute approximate surface area is 262 Å². The summed E-state index contributed by atoms with van der Waals surface area (Å²) in [5.41, 5.74) is 3.10. The summed E-state index contributed by atoms with van der Waals surface area (Å²) in [6.45, 7) is 3.86. The van der Waals surface area contributed by atoms with E-state index in [4.69, 9.17) is 0 Å². The first-order valence-corrected chi connectivity index (χ1v) is 16.5. The van der Waals surface area contributed by atoms with E-state index in [0.29, 0.717) is 12.2 Å². The molecule has 2 amide bonds. The van der Waals surface area contributed by atoms with Gasteiger partial charge in [0.05, 0.1) is 10.6 Å². The molecule has 9 heteroatoms. The molecule has 43 heavy (non-hydrogen) atoms. The number of aryl methyl sites for hydroxylation is 1. The highest BCUT2D eigenvalue weighted by atomic mass is 79.9. The fourth-order valence-electron chi connectivity index (χ4n) is 4.82. The predicted octanol–water partition coefficient (Wildman–Crippen LogP) is 5.98. The standard InChI is InChI=1S/C34H36BrN3O4S/c1-3-26-18-20-30(21-19-26)38(43(41,42)31-16-9-6-10-17-31)25-33(39)37(24-28-14-11-15-29(35)22-28)32(34(40)36-4-2)23-27-12-7-5-8-13-27/h5-22,32H,3-4,23-25H2,1-2H3,(H,36,40)/t32-/m0/s1. The molecule has 0 aliphatic rings. The Morgan fingerprint density at radius 2 is 1.42 bits per heavy atom. The Hall–Kier alpha value is -3.95. The number of hydrogen-bond acceptors (Lipinski definition) is 4. The van der Waals surface area contributed by atoms with Gasteiger partial charge >= 0.3 is 0 Å². The van der Waals surface area contributed by atoms with Gasteiger partial charge in [-0.05, 0) is 66.4 Å². The molecule has 0 saturated heterocycles. The lowest BCUT2D eigenvalue weighted by atomic mass is 10.0. The molecule has 1 atom stereocenters. The van der Waals surface area contributed by atoms with E-state index in [1.807, 2.05) is 80.6 Å². The molecule has 0 unspecified atom stereocenters. The molecule has 4 aromatic carbocycles. The van der Waals surface area contributed by atoms with Crippen LogP contribution in [0.5, 0.6) is 0 Å². The third-order valence-electron chi connectivity index (χ3n) is 7.11. The van der Waals surface area contributed by atoms with Crippen molar-refractivity contribution in [3.8, 4) is 0 Å². The van der Waals surface area contributed by atoms with E-state index in [-0.39, 0.29) is 23.8 Å². The Morgan fingerprint density at radius 1 is 0.791 bits per heavy atom. The zero-order chi connectivity index (χ0) is 30.8. The molecule has 0 heterocycles. The quantitative estimate of drug-likeness (QED) is 0.191. The summed E-state index contributed by atoms with van der Waals surface area (Å²) in [6, 6.07) is 31.4. The average Bonchev–Trinajstić information content (AvgIpc) is 3.02. The molecule has 0 bridgehead atoms. The lowest BCUT2D eigenvalue weighted by Crippen LogP contribution is -2.53. The highest BCUT2D eigenvalue weighted by Crippen LogP contribution is 2.26. The van der Waals surface area contributed by atoms with Gasteiger partial charge in [0.1, 0.15) is 12.6 Å². The minimum Gasteiger partial charge on any atom is -0.355 e. The van der Waals surface area contributed by atoms with Gasteiger partial charge in [-0.15, -0.1) is 0 Å². The van der Waals surface area contributed by atoms with E-state index in [1.54, 1.807) is 30.3 Å². The predicted molar refractivity (Wildman–Crippen MR) is 174 cm³/mol. The lowest BCUT2D eigenvalue weighted by Gasteiger charge is -2.34. The monoisotopic (exact) mass is 661 g/mol. The van der Waals surface area contributed by atoms with E-state index < -0.39 is 28.5 Å². The SMILES string of the molecule is CCNC(=O)[C@H](Cc1ccccc1)N(Cc1cccc(Br)c1)C(=O)CN(c1ccc(CC)cc1)S(=O)(=O)c1ccccc1. The summed E-state index contributed by atoms with van der Waals surface area (Å²) in [5.74, 6) is -0.800. The summed E-state index contributed by atoms with van der Waals surface area (Å²) in [7, 11) is -4.12. The second-order valence-corrected chi connectivity index (χ2v) is 12.9. The molecule has 4 aromatic rings. The summed E-state index contributed by atoms with van der Waals surface area (Å²) in [4.78, 5) is 29.5. The van der Waals surface area contributed by atoms with Crippen LogP contribution in [0.1, 0.15) is 30.5 Å². The maximum Gasteiger partial charge on any atom is 0.264 e. The number of carbonyl (C=O) groups is 2. The van der Waals surface area contributed by atoms with Crippen LogP contribution in [0.2, 0.25) is 0 Å². The largest absolute Gasteiger partial charge is 0.355 e. The fraction of sp³-hybridized carbons (Fsp3) is 0.235. The van der Waals surface area contributed by atoms with Gasteiger partial charge in [-0.25, -0.2) is 8.42 Å². The number of benzene rings is 4. The van der Waals surface area contributed by atoms with Gasteiger partial charge < -0.3 is 10.2 Å². The zero-order valence-corrected chi connectivity index (χ0v) is 26.7. The van der Waals surface area contributed by atoms with Crippen molar-refractivity contribution in [2.45, 2.75) is 44.2 Å². The van der Waals surface area contributed by atoms with Gasteiger partial charge in [0.15, 0.2) is 0 Å². The van der Waals surface area contributed by atoms with Gasteiger partial charge in [0.25, 0.3) is 10.0 Å². The van der Waals surface area contributed by atoms with Crippen molar-refractivity contribution in [1.29, 1.82) is 0 Å². The number of carbonyl (C=O) groups excluding carboxylic acids is 2. The number of nitrogens with zero attached hydrogens (tertiary/aromatic N) is 2. The van der Waals surface area contributed by atoms with Gasteiger partial charge in [0.2, 0.25) is 11.8 Å². The molecule has 1 N–H and O–H groups in total. The molecule has 0 aromatic heterocycles. The molecular weight excluding hydrogens is 626 g/mol. The Bertz CT molecular complexity index is 1610. The Morgan fingerprint density at radius 3 is 2.02 bits per heavy atom. The first-order valence-electron chi connectivity index (χ1n) is 14.2. The maximum absolute atomic E-state index is 14.4. The Kier molecular flexibility index (Phi) is 11.1. The van der Waals surface area contributed by atoms with Gasteiger partial charge in [-0.2, -0.15) is 0 Å². The molecular formula is C34H36BrN3O4S. The minimum absolute atomic E-state index is 0.0745. The van der Waals surface area contributed by atoms with Crippen LogP contribution in [0, 0.1) is 0 Å². The number of amides is 2. The molecule has 7 nitrogen and oxygen atoms in total. The first kappa shape index (κ1) is 32.0. The highest BCUT2D eigenvalue weighted by Gasteiger charge is 2.34. The van der Waals surface area contributed by atoms with Crippen LogP contribution in [0.25, 0.3) is 0 Å². The number of sulfonamides is 1. The summed E-state index contributed by atoms with van der Waals surface area (Å²) in [5, 5.41) is 2.88. The number of hydrogen-bond donors (Lipinski definition) is 1. The van der Waals surface area contributed by atoms with Crippen LogP contribution in [-0.2, 0) is 39.0 Å². The maximum atomic E-state index is 14.4. The molecule has 0 aliphatic carbocycles. The van der Waals surface area contributed by atoms with Crippen LogP contribution in [0.3, 0.4) is 0 Å². The number of likely N-dealkylation sites (N-methyl/N-ethyl adjacent to an activating group) is 1. The second-order valence-electron chi connectivity index (χ2n) is 10.1. The van der Waals surface area contributed by atoms with Crippen LogP contribution >= 0.6 is 15.9 Å². The van der Waals surface area contributed by atoms with E-state index in [1.165, 1.54) is 17.0 Å². The normalized spacial score (nSPS) is 11.9. The Balaban J connectivity index is 1.79. The zero-order valence-electron chi connectivity index (χ0n) is 24.3. The van der Waals surface area contributed by atoms with Crippen LogP contribution < -0.4 is 9.62 Å². The minimum atomic E-state index is -4.12. The second kappa shape index (κ2) is 15.0. The topological polar surface area (TPSA) is 86.8 Å².